The molecule has 1 aromatic rings. The Balaban J connectivity index is 1.96. The summed E-state index contributed by atoms with van der Waals surface area (Å²) in [6.45, 7) is 1.73. The Labute approximate surface area is 117 Å². The van der Waals surface area contributed by atoms with Gasteiger partial charge in [-0.25, -0.2) is 8.78 Å². The molecule has 1 unspecified atom stereocenters. The molecule has 1 aliphatic rings. The predicted molar refractivity (Wildman–Crippen MR) is 71.3 cm³/mol. The normalized spacial score (nSPS) is 24.4. The van der Waals surface area contributed by atoms with Gasteiger partial charge in [0.1, 0.15) is 11.6 Å². The number of nitrogens with one attached hydrogen (secondary N) is 1. The Morgan fingerprint density at radius 2 is 1.80 bits per heavy atom. The summed E-state index contributed by atoms with van der Waals surface area (Å²) < 4.78 is 27.3. The lowest BCUT2D eigenvalue weighted by Gasteiger charge is -2.29. The second-order valence-electron chi connectivity index (χ2n) is 5.41. The van der Waals surface area contributed by atoms with Crippen LogP contribution in [-0.2, 0) is 4.79 Å². The van der Waals surface area contributed by atoms with Crippen LogP contribution in [0, 0.1) is 17.6 Å². The Morgan fingerprint density at radius 3 is 2.30 bits per heavy atom. The van der Waals surface area contributed by atoms with E-state index in [0.29, 0.717) is 12.8 Å². The van der Waals surface area contributed by atoms with Gasteiger partial charge in [-0.15, -0.1) is 0 Å². The minimum absolute atomic E-state index is 0.0489. The topological polar surface area (TPSA) is 49.3 Å². The molecule has 0 heterocycles. The Bertz CT molecular complexity index is 465. The molecule has 3 nitrogen and oxygen atoms in total. The van der Waals surface area contributed by atoms with Crippen molar-refractivity contribution < 1.29 is 18.7 Å². The summed E-state index contributed by atoms with van der Waals surface area (Å²) in [5.74, 6) is -2.14. The van der Waals surface area contributed by atoms with Crippen LogP contribution in [0.5, 0.6) is 0 Å². The van der Waals surface area contributed by atoms with Crippen molar-refractivity contribution in [1.82, 2.24) is 5.32 Å². The standard InChI is InChI=1S/C15H19F2NO2/c1-9(14-12(16)3-2-4-13(14)17)18-11-7-5-10(6-8-11)15(19)20/h2-4,9-11,18H,5-8H2,1H3,(H,19,20). The van der Waals surface area contributed by atoms with Gasteiger partial charge in [-0.2, -0.15) is 0 Å². The molecule has 0 aliphatic heterocycles. The summed E-state index contributed by atoms with van der Waals surface area (Å²) in [5.41, 5.74) is 0.0489. The minimum atomic E-state index is -0.753. The summed E-state index contributed by atoms with van der Waals surface area (Å²) in [6.07, 6.45) is 2.66. The molecule has 2 rings (SSSR count). The Kier molecular flexibility index (Phi) is 4.70. The van der Waals surface area contributed by atoms with Crippen LogP contribution >= 0.6 is 0 Å². The molecule has 20 heavy (non-hydrogen) atoms. The molecule has 0 radical (unpaired) electrons. The number of rotatable bonds is 4. The number of aliphatic carboxylic acids is 1. The van der Waals surface area contributed by atoms with E-state index in [4.69, 9.17) is 5.11 Å². The third-order valence-electron chi connectivity index (χ3n) is 3.99. The van der Waals surface area contributed by atoms with Crippen molar-refractivity contribution in [3.05, 3.63) is 35.4 Å². The lowest BCUT2D eigenvalue weighted by Crippen LogP contribution is -2.37. The summed E-state index contributed by atoms with van der Waals surface area (Å²) >= 11 is 0. The number of carbonyl (C=O) groups is 1. The molecule has 1 fully saturated rings. The van der Waals surface area contributed by atoms with E-state index in [9.17, 15) is 13.6 Å². The van der Waals surface area contributed by atoms with Crippen LogP contribution in [0.4, 0.5) is 8.78 Å². The highest BCUT2D eigenvalue weighted by Crippen LogP contribution is 2.27. The van der Waals surface area contributed by atoms with Crippen molar-refractivity contribution in [3.8, 4) is 0 Å². The summed E-state index contributed by atoms with van der Waals surface area (Å²) in [6, 6.07) is 3.52. The van der Waals surface area contributed by atoms with Crippen LogP contribution < -0.4 is 5.32 Å². The third-order valence-corrected chi connectivity index (χ3v) is 3.99. The van der Waals surface area contributed by atoms with E-state index in [0.717, 1.165) is 12.8 Å². The smallest absolute Gasteiger partial charge is 0.306 e. The fourth-order valence-electron chi connectivity index (χ4n) is 2.87. The largest absolute Gasteiger partial charge is 0.481 e. The van der Waals surface area contributed by atoms with Gasteiger partial charge in [-0.1, -0.05) is 6.07 Å². The van der Waals surface area contributed by atoms with E-state index in [2.05, 4.69) is 5.32 Å². The van der Waals surface area contributed by atoms with Crippen LogP contribution in [0.3, 0.4) is 0 Å². The molecule has 5 heteroatoms. The zero-order valence-electron chi connectivity index (χ0n) is 11.4. The highest BCUT2D eigenvalue weighted by atomic mass is 19.1. The molecule has 1 saturated carbocycles. The van der Waals surface area contributed by atoms with E-state index in [1.54, 1.807) is 6.92 Å². The summed E-state index contributed by atoms with van der Waals surface area (Å²) in [5, 5.41) is 12.1. The minimum Gasteiger partial charge on any atom is -0.481 e. The molecule has 1 aliphatic carbocycles. The Morgan fingerprint density at radius 1 is 1.25 bits per heavy atom. The van der Waals surface area contributed by atoms with Gasteiger partial charge < -0.3 is 10.4 Å². The molecule has 2 N–H and O–H groups in total. The van der Waals surface area contributed by atoms with Crippen molar-refractivity contribution in [2.45, 2.75) is 44.7 Å². The number of benzene rings is 1. The average molecular weight is 283 g/mol. The molecule has 0 aromatic heterocycles. The number of carboxylic acid groups (broad SMARTS) is 1. The monoisotopic (exact) mass is 283 g/mol. The maximum Gasteiger partial charge on any atom is 0.306 e. The van der Waals surface area contributed by atoms with Gasteiger partial charge in [0.2, 0.25) is 0 Å². The van der Waals surface area contributed by atoms with Crippen molar-refractivity contribution in [1.29, 1.82) is 0 Å². The van der Waals surface area contributed by atoms with Crippen molar-refractivity contribution in [2.24, 2.45) is 5.92 Å². The fraction of sp³-hybridized carbons (Fsp3) is 0.533. The second-order valence-corrected chi connectivity index (χ2v) is 5.41. The first kappa shape index (κ1) is 14.9. The van der Waals surface area contributed by atoms with Gasteiger partial charge in [0.05, 0.1) is 5.92 Å². The molecule has 1 atom stereocenters. The highest BCUT2D eigenvalue weighted by Gasteiger charge is 2.27. The van der Waals surface area contributed by atoms with Gasteiger partial charge >= 0.3 is 5.97 Å². The average Bonchev–Trinajstić information content (AvgIpc) is 2.39. The van der Waals surface area contributed by atoms with Gasteiger partial charge in [0.25, 0.3) is 0 Å². The first-order valence-corrected chi connectivity index (χ1v) is 6.91. The Hall–Kier alpha value is -1.49. The second kappa shape index (κ2) is 6.31. The van der Waals surface area contributed by atoms with Crippen molar-refractivity contribution >= 4 is 5.97 Å². The predicted octanol–water partition coefficient (Wildman–Crippen LogP) is 3.26. The molecule has 0 amide bonds. The summed E-state index contributed by atoms with van der Waals surface area (Å²) in [7, 11) is 0. The van der Waals surface area contributed by atoms with Crippen molar-refractivity contribution in [2.75, 3.05) is 0 Å². The first-order valence-electron chi connectivity index (χ1n) is 6.91. The lowest BCUT2D eigenvalue weighted by molar-refractivity contribution is -0.142. The highest BCUT2D eigenvalue weighted by molar-refractivity contribution is 5.70. The molecule has 110 valence electrons. The van der Waals surface area contributed by atoms with Crippen LogP contribution in [-0.4, -0.2) is 17.1 Å². The molecular weight excluding hydrogens is 264 g/mol. The number of hydrogen-bond acceptors (Lipinski definition) is 2. The molecule has 0 spiro atoms. The van der Waals surface area contributed by atoms with E-state index in [1.807, 2.05) is 0 Å². The van der Waals surface area contributed by atoms with Gasteiger partial charge in [-0.3, -0.25) is 4.79 Å². The van der Waals surface area contributed by atoms with E-state index in [1.165, 1.54) is 18.2 Å². The van der Waals surface area contributed by atoms with Crippen LogP contribution in [0.1, 0.15) is 44.2 Å². The quantitative estimate of drug-likeness (QED) is 0.891. The third kappa shape index (κ3) is 3.33. The number of halogens is 2. The van der Waals surface area contributed by atoms with Crippen molar-refractivity contribution in [3.63, 3.8) is 0 Å². The molecule has 1 aromatic carbocycles. The van der Waals surface area contributed by atoms with Crippen LogP contribution in [0.15, 0.2) is 18.2 Å². The van der Waals surface area contributed by atoms with Gasteiger partial charge in [0, 0.05) is 17.6 Å². The van der Waals surface area contributed by atoms with Gasteiger partial charge in [0.15, 0.2) is 0 Å². The van der Waals surface area contributed by atoms with Gasteiger partial charge in [-0.05, 0) is 44.7 Å². The maximum atomic E-state index is 13.7. The van der Waals surface area contributed by atoms with Crippen LogP contribution in [0.25, 0.3) is 0 Å². The zero-order valence-corrected chi connectivity index (χ0v) is 11.4. The molecule has 0 bridgehead atoms. The lowest BCUT2D eigenvalue weighted by atomic mass is 9.85. The SMILES string of the molecule is CC(NC1CCC(C(=O)O)CC1)c1c(F)cccc1F. The molecule has 0 saturated heterocycles. The van der Waals surface area contributed by atoms with E-state index < -0.39 is 23.6 Å². The summed E-state index contributed by atoms with van der Waals surface area (Å²) in [4.78, 5) is 10.9. The first-order chi connectivity index (χ1) is 9.49. The molecular formula is C15H19F2NO2. The van der Waals surface area contributed by atoms with E-state index in [-0.39, 0.29) is 17.5 Å². The number of carboxylic acids is 1. The zero-order chi connectivity index (χ0) is 14.7. The number of hydrogen-bond donors (Lipinski definition) is 2. The maximum absolute atomic E-state index is 13.7. The van der Waals surface area contributed by atoms with E-state index >= 15 is 0 Å². The fourth-order valence-corrected chi connectivity index (χ4v) is 2.87. The van der Waals surface area contributed by atoms with Crippen LogP contribution in [0.2, 0.25) is 0 Å².